The van der Waals surface area contributed by atoms with Crippen molar-refractivity contribution < 1.29 is 37.7 Å². The van der Waals surface area contributed by atoms with E-state index in [1.54, 1.807) is 20.8 Å². The van der Waals surface area contributed by atoms with Crippen LogP contribution >= 0.6 is 0 Å². The fourth-order valence-corrected chi connectivity index (χ4v) is 5.41. The Labute approximate surface area is 232 Å². The van der Waals surface area contributed by atoms with Gasteiger partial charge in [0.15, 0.2) is 0 Å². The molecule has 8 nitrogen and oxygen atoms in total. The lowest BCUT2D eigenvalue weighted by Gasteiger charge is -2.41. The van der Waals surface area contributed by atoms with E-state index < -0.39 is 59.4 Å². The standard InChI is InChI=1S/C30H36F2N2O6/c1-30(2,3)40-28(37)33-12-8-7-11-25(33)26(35)24(16-20-13-21(31)17-22(32)14-20)27(36)34-23(18-39-29(34)38)15-19-9-5-4-6-10-19/h4-6,9-10,13-14,17,23-26,35H,7-8,11-12,15-16,18H2,1-3H3/t23?,24-,25?,26-/m0/s1. The maximum absolute atomic E-state index is 14.1. The molecule has 2 heterocycles. The van der Waals surface area contributed by atoms with Crippen LogP contribution in [0.4, 0.5) is 18.4 Å². The van der Waals surface area contributed by atoms with Crippen molar-refractivity contribution in [3.05, 3.63) is 71.3 Å². The molecule has 40 heavy (non-hydrogen) atoms. The smallest absolute Gasteiger partial charge is 0.416 e. The monoisotopic (exact) mass is 558 g/mol. The van der Waals surface area contributed by atoms with Crippen molar-refractivity contribution in [3.8, 4) is 0 Å². The van der Waals surface area contributed by atoms with Crippen LogP contribution in [0.5, 0.6) is 0 Å². The number of halogens is 2. The average Bonchev–Trinajstić information content (AvgIpc) is 3.25. The van der Waals surface area contributed by atoms with Gasteiger partial charge in [-0.3, -0.25) is 4.79 Å². The molecule has 2 fully saturated rings. The summed E-state index contributed by atoms with van der Waals surface area (Å²) in [6.45, 7) is 5.49. The maximum atomic E-state index is 14.1. The number of likely N-dealkylation sites (tertiary alicyclic amines) is 1. The van der Waals surface area contributed by atoms with Gasteiger partial charge in [-0.05, 0) is 76.1 Å². The molecule has 4 atom stereocenters. The zero-order valence-corrected chi connectivity index (χ0v) is 23.0. The van der Waals surface area contributed by atoms with E-state index >= 15 is 0 Å². The number of piperidine rings is 1. The van der Waals surface area contributed by atoms with Crippen LogP contribution in [-0.2, 0) is 27.1 Å². The van der Waals surface area contributed by atoms with Crippen LogP contribution in [0.15, 0.2) is 48.5 Å². The first kappa shape index (κ1) is 29.5. The number of nitrogens with zero attached hydrogens (tertiary/aromatic N) is 2. The summed E-state index contributed by atoms with van der Waals surface area (Å²) in [6.07, 6.45) is -1.06. The van der Waals surface area contributed by atoms with E-state index in [-0.39, 0.29) is 18.6 Å². The molecule has 3 amide bonds. The number of benzene rings is 2. The molecule has 0 saturated carbocycles. The number of cyclic esters (lactones) is 1. The summed E-state index contributed by atoms with van der Waals surface area (Å²) in [5, 5.41) is 11.7. The number of hydrogen-bond acceptors (Lipinski definition) is 6. The first-order valence-electron chi connectivity index (χ1n) is 13.6. The fourth-order valence-electron chi connectivity index (χ4n) is 5.41. The third kappa shape index (κ3) is 7.15. The van der Waals surface area contributed by atoms with E-state index in [9.17, 15) is 28.3 Å². The van der Waals surface area contributed by atoms with Crippen LogP contribution < -0.4 is 0 Å². The SMILES string of the molecule is CC(C)(C)OC(=O)N1CCCCC1[C@@H](O)[C@H](Cc1cc(F)cc(F)c1)C(=O)N1C(=O)OCC1Cc1ccccc1. The predicted molar refractivity (Wildman–Crippen MR) is 142 cm³/mol. The van der Waals surface area contributed by atoms with Gasteiger partial charge in [-0.1, -0.05) is 30.3 Å². The Morgan fingerprint density at radius 1 is 1.07 bits per heavy atom. The molecule has 2 aliphatic rings. The summed E-state index contributed by atoms with van der Waals surface area (Å²) < 4.78 is 39.0. The van der Waals surface area contributed by atoms with Crippen molar-refractivity contribution in [1.29, 1.82) is 0 Å². The van der Waals surface area contributed by atoms with Crippen LogP contribution in [0.1, 0.15) is 51.2 Å². The Morgan fingerprint density at radius 3 is 2.40 bits per heavy atom. The Bertz CT molecular complexity index is 1200. The number of amides is 3. The van der Waals surface area contributed by atoms with Crippen LogP contribution in [0.3, 0.4) is 0 Å². The van der Waals surface area contributed by atoms with Gasteiger partial charge in [0.05, 0.1) is 24.1 Å². The molecular formula is C30H36F2N2O6. The lowest BCUT2D eigenvalue weighted by Crippen LogP contribution is -2.56. The number of rotatable bonds is 7. The minimum Gasteiger partial charge on any atom is -0.447 e. The molecule has 4 rings (SSSR count). The van der Waals surface area contributed by atoms with Gasteiger partial charge in [0.25, 0.3) is 0 Å². The van der Waals surface area contributed by atoms with Crippen molar-refractivity contribution >= 4 is 18.1 Å². The molecular weight excluding hydrogens is 522 g/mol. The minimum absolute atomic E-state index is 0.0235. The van der Waals surface area contributed by atoms with Gasteiger partial charge >= 0.3 is 12.2 Å². The van der Waals surface area contributed by atoms with Gasteiger partial charge < -0.3 is 19.5 Å². The van der Waals surface area contributed by atoms with E-state index in [1.807, 2.05) is 30.3 Å². The molecule has 0 spiro atoms. The first-order chi connectivity index (χ1) is 18.9. The molecule has 0 aliphatic carbocycles. The van der Waals surface area contributed by atoms with Crippen LogP contribution in [0, 0.1) is 17.6 Å². The van der Waals surface area contributed by atoms with E-state index in [4.69, 9.17) is 9.47 Å². The quantitative estimate of drug-likeness (QED) is 0.521. The van der Waals surface area contributed by atoms with Gasteiger partial charge in [-0.2, -0.15) is 0 Å². The van der Waals surface area contributed by atoms with Gasteiger partial charge in [0, 0.05) is 12.6 Å². The van der Waals surface area contributed by atoms with Crippen molar-refractivity contribution in [2.75, 3.05) is 13.2 Å². The number of carbonyl (C=O) groups is 3. The fraction of sp³-hybridized carbons (Fsp3) is 0.500. The van der Waals surface area contributed by atoms with Crippen LogP contribution in [-0.4, -0.2) is 69.9 Å². The third-order valence-electron chi connectivity index (χ3n) is 7.19. The van der Waals surface area contributed by atoms with E-state index in [0.717, 1.165) is 28.7 Å². The normalized spacial score (nSPS) is 21.1. The Balaban J connectivity index is 1.66. The predicted octanol–water partition coefficient (Wildman–Crippen LogP) is 4.86. The molecule has 0 radical (unpaired) electrons. The van der Waals surface area contributed by atoms with Gasteiger partial charge in [-0.15, -0.1) is 0 Å². The topological polar surface area (TPSA) is 96.4 Å². The summed E-state index contributed by atoms with van der Waals surface area (Å²) >= 11 is 0. The van der Waals surface area contributed by atoms with E-state index in [2.05, 4.69) is 0 Å². The molecule has 2 aromatic rings. The highest BCUT2D eigenvalue weighted by Gasteiger charge is 2.46. The minimum atomic E-state index is -1.45. The van der Waals surface area contributed by atoms with Crippen LogP contribution in [0.2, 0.25) is 0 Å². The molecule has 2 aromatic carbocycles. The molecule has 1 N–H and O–H groups in total. The molecule has 0 aromatic heterocycles. The number of aliphatic hydroxyl groups is 1. The molecule has 2 saturated heterocycles. The second kappa shape index (κ2) is 12.3. The molecule has 2 aliphatic heterocycles. The van der Waals surface area contributed by atoms with Crippen molar-refractivity contribution in [1.82, 2.24) is 9.80 Å². The molecule has 0 bridgehead atoms. The van der Waals surface area contributed by atoms with Gasteiger partial charge in [-0.25, -0.2) is 23.3 Å². The lowest BCUT2D eigenvalue weighted by atomic mass is 9.84. The first-order valence-corrected chi connectivity index (χ1v) is 13.6. The zero-order valence-electron chi connectivity index (χ0n) is 23.0. The molecule has 10 heteroatoms. The van der Waals surface area contributed by atoms with Gasteiger partial charge in [0.2, 0.25) is 5.91 Å². The summed E-state index contributed by atoms with van der Waals surface area (Å²) in [5.41, 5.74) is 0.250. The van der Waals surface area contributed by atoms with Crippen molar-refractivity contribution in [2.24, 2.45) is 5.92 Å². The van der Waals surface area contributed by atoms with Crippen molar-refractivity contribution in [2.45, 2.75) is 76.7 Å². The average molecular weight is 559 g/mol. The lowest BCUT2D eigenvalue weighted by molar-refractivity contribution is -0.139. The van der Waals surface area contributed by atoms with Crippen molar-refractivity contribution in [3.63, 3.8) is 0 Å². The Kier molecular flexibility index (Phi) is 9.08. The number of ether oxygens (including phenoxy) is 2. The summed E-state index contributed by atoms with van der Waals surface area (Å²) in [5.74, 6) is -3.67. The third-order valence-corrected chi connectivity index (χ3v) is 7.19. The second-order valence-electron chi connectivity index (χ2n) is 11.4. The highest BCUT2D eigenvalue weighted by molar-refractivity contribution is 5.95. The Morgan fingerprint density at radius 2 is 1.75 bits per heavy atom. The van der Waals surface area contributed by atoms with Gasteiger partial charge in [0.1, 0.15) is 23.8 Å². The number of hydrogen-bond donors (Lipinski definition) is 1. The summed E-state index contributed by atoms with van der Waals surface area (Å²) in [4.78, 5) is 42.3. The molecule has 2 unspecified atom stereocenters. The molecule has 216 valence electrons. The maximum Gasteiger partial charge on any atom is 0.416 e. The zero-order chi connectivity index (χ0) is 29.0. The Hall–Kier alpha value is -3.53. The largest absolute Gasteiger partial charge is 0.447 e. The summed E-state index contributed by atoms with van der Waals surface area (Å²) in [6, 6.07) is 10.7. The highest BCUT2D eigenvalue weighted by atomic mass is 19.1. The van der Waals surface area contributed by atoms with E-state index in [0.29, 0.717) is 32.2 Å². The second-order valence-corrected chi connectivity index (χ2v) is 11.4. The van der Waals surface area contributed by atoms with E-state index in [1.165, 1.54) is 4.90 Å². The number of aliphatic hydroxyl groups excluding tert-OH is 1. The summed E-state index contributed by atoms with van der Waals surface area (Å²) in [7, 11) is 0. The highest BCUT2D eigenvalue weighted by Crippen LogP contribution is 2.30. The number of imide groups is 1. The van der Waals surface area contributed by atoms with Crippen LogP contribution in [0.25, 0.3) is 0 Å². The number of carbonyl (C=O) groups excluding carboxylic acids is 3.